The molecular formula is C14H13BrN3O2P. The third-order valence-electron chi connectivity index (χ3n) is 2.65. The van der Waals surface area contributed by atoms with Crippen LogP contribution in [0.1, 0.15) is 0 Å². The molecule has 0 heterocycles. The van der Waals surface area contributed by atoms with Crippen molar-refractivity contribution >= 4 is 40.4 Å². The van der Waals surface area contributed by atoms with Crippen LogP contribution in [0.4, 0.5) is 17.1 Å². The highest BCUT2D eigenvalue weighted by Crippen LogP contribution is 2.45. The van der Waals surface area contributed by atoms with E-state index in [1.807, 2.05) is 18.2 Å². The molecule has 0 bridgehead atoms. The first-order chi connectivity index (χ1) is 9.91. The van der Waals surface area contributed by atoms with Gasteiger partial charge < -0.3 is 15.3 Å². The zero-order valence-electron chi connectivity index (χ0n) is 11.2. The number of phenols is 1. The summed E-state index contributed by atoms with van der Waals surface area (Å²) in [6, 6.07) is 11.7. The number of aromatic hydroxyl groups is 1. The van der Waals surface area contributed by atoms with E-state index in [4.69, 9.17) is 6.57 Å². The van der Waals surface area contributed by atoms with Gasteiger partial charge in [0.15, 0.2) is 5.69 Å². The molecule has 0 fully saturated rings. The van der Waals surface area contributed by atoms with E-state index in [0.717, 1.165) is 4.47 Å². The normalized spacial score (nSPS) is 13.0. The first-order valence-electron chi connectivity index (χ1n) is 6.00. The Hall–Kier alpha value is -1.96. The van der Waals surface area contributed by atoms with E-state index in [1.165, 1.54) is 18.8 Å². The summed E-state index contributed by atoms with van der Waals surface area (Å²) in [6.45, 7) is 8.41. The van der Waals surface area contributed by atoms with Gasteiger partial charge in [0.05, 0.1) is 17.9 Å². The first kappa shape index (κ1) is 15.4. The van der Waals surface area contributed by atoms with E-state index in [-0.39, 0.29) is 5.75 Å². The van der Waals surface area contributed by atoms with Crippen molar-refractivity contribution in [3.8, 4) is 5.75 Å². The smallest absolute Gasteiger partial charge is 0.255 e. The van der Waals surface area contributed by atoms with Crippen LogP contribution in [0.2, 0.25) is 0 Å². The minimum absolute atomic E-state index is 0.112. The molecule has 0 radical (unpaired) electrons. The van der Waals surface area contributed by atoms with Gasteiger partial charge in [-0.15, -0.1) is 0 Å². The molecule has 21 heavy (non-hydrogen) atoms. The highest BCUT2D eigenvalue weighted by Gasteiger charge is 2.17. The van der Waals surface area contributed by atoms with Crippen molar-refractivity contribution < 1.29 is 9.67 Å². The molecule has 0 saturated carbocycles. The summed E-state index contributed by atoms with van der Waals surface area (Å²) in [5.74, 6) is -0.112. The number of nitrogens with one attached hydrogen (secondary N) is 2. The minimum Gasteiger partial charge on any atom is -0.507 e. The maximum absolute atomic E-state index is 12.6. The van der Waals surface area contributed by atoms with E-state index in [0.29, 0.717) is 17.1 Å². The van der Waals surface area contributed by atoms with Gasteiger partial charge in [-0.1, -0.05) is 18.2 Å². The first-order valence-corrected chi connectivity index (χ1v) is 8.95. The van der Waals surface area contributed by atoms with E-state index in [1.54, 1.807) is 12.1 Å². The monoisotopic (exact) mass is 365 g/mol. The molecule has 0 amide bonds. The SMILES string of the molecule is [C-]#[N+]c1ccc(NP(C)(=O)Nc2ccccc2Br)c(O)c1. The number of anilines is 2. The molecule has 2 rings (SSSR count). The molecule has 7 heteroatoms. The van der Waals surface area contributed by atoms with Crippen LogP contribution in [0, 0.1) is 6.57 Å². The minimum atomic E-state index is -2.98. The highest BCUT2D eigenvalue weighted by atomic mass is 79.9. The second-order valence-corrected chi connectivity index (χ2v) is 7.59. The second-order valence-electron chi connectivity index (χ2n) is 4.44. The fourth-order valence-corrected chi connectivity index (χ4v) is 3.62. The highest BCUT2D eigenvalue weighted by molar-refractivity contribution is 9.10. The molecule has 5 nitrogen and oxygen atoms in total. The number of para-hydroxylation sites is 1. The molecule has 3 N–H and O–H groups in total. The van der Waals surface area contributed by atoms with Gasteiger partial charge >= 0.3 is 0 Å². The van der Waals surface area contributed by atoms with Crippen molar-refractivity contribution in [3.63, 3.8) is 0 Å². The van der Waals surface area contributed by atoms with Crippen molar-refractivity contribution in [2.75, 3.05) is 16.8 Å². The van der Waals surface area contributed by atoms with Crippen LogP contribution in [0.3, 0.4) is 0 Å². The molecule has 0 aromatic heterocycles. The van der Waals surface area contributed by atoms with Crippen LogP contribution in [0.5, 0.6) is 5.75 Å². The van der Waals surface area contributed by atoms with Crippen molar-refractivity contribution in [1.82, 2.24) is 0 Å². The predicted octanol–water partition coefficient (Wildman–Crippen LogP) is 5.05. The lowest BCUT2D eigenvalue weighted by molar-refractivity contribution is 0.478. The van der Waals surface area contributed by atoms with Crippen molar-refractivity contribution in [2.24, 2.45) is 0 Å². The summed E-state index contributed by atoms with van der Waals surface area (Å²) < 4.78 is 13.4. The van der Waals surface area contributed by atoms with Crippen LogP contribution in [-0.4, -0.2) is 11.8 Å². The summed E-state index contributed by atoms with van der Waals surface area (Å²) in [5.41, 5.74) is 1.32. The number of rotatable bonds is 4. The zero-order valence-corrected chi connectivity index (χ0v) is 13.6. The topological polar surface area (TPSA) is 65.7 Å². The maximum atomic E-state index is 12.6. The molecule has 1 atom stereocenters. The molecular weight excluding hydrogens is 353 g/mol. The second kappa shape index (κ2) is 6.21. The van der Waals surface area contributed by atoms with Gasteiger partial charge in [-0.05, 0) is 40.2 Å². The van der Waals surface area contributed by atoms with E-state index in [2.05, 4.69) is 30.9 Å². The Labute approximate surface area is 131 Å². The molecule has 0 aliphatic heterocycles. The van der Waals surface area contributed by atoms with Crippen LogP contribution in [-0.2, 0) is 4.57 Å². The summed E-state index contributed by atoms with van der Waals surface area (Å²) in [5, 5.41) is 15.5. The lowest BCUT2D eigenvalue weighted by atomic mass is 10.3. The van der Waals surface area contributed by atoms with Gasteiger partial charge in [0, 0.05) is 11.1 Å². The Balaban J connectivity index is 2.20. The lowest BCUT2D eigenvalue weighted by Gasteiger charge is -2.20. The quantitative estimate of drug-likeness (QED) is 0.402. The Kier molecular flexibility index (Phi) is 4.56. The fraction of sp³-hybridized carbons (Fsp3) is 0.0714. The van der Waals surface area contributed by atoms with Gasteiger partial charge in [0.2, 0.25) is 0 Å². The maximum Gasteiger partial charge on any atom is 0.255 e. The molecule has 108 valence electrons. The van der Waals surface area contributed by atoms with Gasteiger partial charge in [0.1, 0.15) is 5.75 Å². The number of halogens is 1. The van der Waals surface area contributed by atoms with Gasteiger partial charge in [0.25, 0.3) is 7.44 Å². The Morgan fingerprint density at radius 1 is 1.19 bits per heavy atom. The Bertz CT molecular complexity index is 758. The number of nitrogens with zero attached hydrogens (tertiary/aromatic N) is 1. The Morgan fingerprint density at radius 3 is 2.48 bits per heavy atom. The van der Waals surface area contributed by atoms with Gasteiger partial charge in [-0.2, -0.15) is 0 Å². The van der Waals surface area contributed by atoms with Crippen molar-refractivity contribution in [1.29, 1.82) is 0 Å². The van der Waals surface area contributed by atoms with Gasteiger partial charge in [-0.25, -0.2) is 4.85 Å². The largest absolute Gasteiger partial charge is 0.507 e. The molecule has 2 aromatic carbocycles. The third kappa shape index (κ3) is 4.01. The molecule has 0 aliphatic rings. The average Bonchev–Trinajstić information content (AvgIpc) is 2.43. The number of hydrogen-bond donors (Lipinski definition) is 3. The zero-order chi connectivity index (χ0) is 15.5. The average molecular weight is 366 g/mol. The summed E-state index contributed by atoms with van der Waals surface area (Å²) in [6.07, 6.45) is 0. The molecule has 1 unspecified atom stereocenters. The molecule has 2 aromatic rings. The van der Waals surface area contributed by atoms with Crippen molar-refractivity contribution in [2.45, 2.75) is 0 Å². The summed E-state index contributed by atoms with van der Waals surface area (Å²) in [7, 11) is -2.98. The van der Waals surface area contributed by atoms with Crippen molar-refractivity contribution in [3.05, 3.63) is 58.4 Å². The van der Waals surface area contributed by atoms with Gasteiger partial charge in [-0.3, -0.25) is 4.57 Å². The number of benzene rings is 2. The summed E-state index contributed by atoms with van der Waals surface area (Å²) >= 11 is 3.37. The molecule has 0 saturated heterocycles. The van der Waals surface area contributed by atoms with Crippen LogP contribution >= 0.6 is 23.4 Å². The Morgan fingerprint density at radius 2 is 1.86 bits per heavy atom. The van der Waals surface area contributed by atoms with E-state index >= 15 is 0 Å². The molecule has 0 aliphatic carbocycles. The third-order valence-corrected chi connectivity index (χ3v) is 4.68. The summed E-state index contributed by atoms with van der Waals surface area (Å²) in [4.78, 5) is 3.22. The van der Waals surface area contributed by atoms with Crippen LogP contribution in [0.15, 0.2) is 46.9 Å². The molecule has 0 spiro atoms. The van der Waals surface area contributed by atoms with Crippen LogP contribution in [0.25, 0.3) is 4.85 Å². The standard InChI is InChI=1S/C14H13BrN3O2P/c1-16-10-7-8-13(14(19)9-10)18-21(2,20)17-12-6-4-3-5-11(12)15/h3-9,19H,2H3,(H2,17,18,20). The predicted molar refractivity (Wildman–Crippen MR) is 89.3 cm³/mol. The number of phenolic OH excluding ortho intramolecular Hbond substituents is 1. The number of hydrogen-bond acceptors (Lipinski definition) is 2. The van der Waals surface area contributed by atoms with E-state index < -0.39 is 7.44 Å². The lowest BCUT2D eigenvalue weighted by Crippen LogP contribution is -2.05. The fourth-order valence-electron chi connectivity index (χ4n) is 1.72. The van der Waals surface area contributed by atoms with E-state index in [9.17, 15) is 9.67 Å². The van der Waals surface area contributed by atoms with Crippen LogP contribution < -0.4 is 10.2 Å².